The number of rotatable bonds is 8. The summed E-state index contributed by atoms with van der Waals surface area (Å²) in [7, 11) is 1.57. The highest BCUT2D eigenvalue weighted by Crippen LogP contribution is 2.14. The first-order valence-corrected chi connectivity index (χ1v) is 9.62. The number of amides is 2. The van der Waals surface area contributed by atoms with Gasteiger partial charge in [0.15, 0.2) is 6.61 Å². The molecule has 2 amide bonds. The summed E-state index contributed by atoms with van der Waals surface area (Å²) < 4.78 is 10.6. The largest absolute Gasteiger partial charge is 0.497 e. The standard InChI is InChI=1S/C24H23N3O4/c1-17(26-27-24(29)19-10-12-21(30-2)13-11-19)18-8-14-22(15-9-18)31-16-23(28)25-20-6-4-3-5-7-20/h3-15H,16H2,1-2H3,(H,25,28)(H,27,29)/b26-17-. The van der Waals surface area contributed by atoms with Gasteiger partial charge in [0, 0.05) is 11.3 Å². The molecule has 3 aromatic rings. The van der Waals surface area contributed by atoms with Crippen molar-refractivity contribution in [3.05, 3.63) is 90.0 Å². The number of hydrogen-bond acceptors (Lipinski definition) is 5. The number of hydrazone groups is 1. The second kappa shape index (κ2) is 10.6. The van der Waals surface area contributed by atoms with Gasteiger partial charge < -0.3 is 14.8 Å². The van der Waals surface area contributed by atoms with Crippen LogP contribution in [0.5, 0.6) is 11.5 Å². The Morgan fingerprint density at radius 1 is 0.839 bits per heavy atom. The van der Waals surface area contributed by atoms with Crippen molar-refractivity contribution in [1.29, 1.82) is 0 Å². The molecule has 2 N–H and O–H groups in total. The molecule has 3 rings (SSSR count). The van der Waals surface area contributed by atoms with Crippen LogP contribution in [0.2, 0.25) is 0 Å². The molecule has 0 aliphatic carbocycles. The zero-order valence-electron chi connectivity index (χ0n) is 17.3. The molecule has 0 fully saturated rings. The van der Waals surface area contributed by atoms with Crippen LogP contribution in [-0.2, 0) is 4.79 Å². The van der Waals surface area contributed by atoms with E-state index >= 15 is 0 Å². The lowest BCUT2D eigenvalue weighted by Crippen LogP contribution is -2.20. The van der Waals surface area contributed by atoms with Crippen LogP contribution in [0.3, 0.4) is 0 Å². The Balaban J connectivity index is 1.51. The van der Waals surface area contributed by atoms with Gasteiger partial charge in [-0.2, -0.15) is 5.10 Å². The summed E-state index contributed by atoms with van der Waals surface area (Å²) in [5.41, 5.74) is 5.19. The monoisotopic (exact) mass is 417 g/mol. The number of benzene rings is 3. The summed E-state index contributed by atoms with van der Waals surface area (Å²) in [6.45, 7) is 1.69. The highest BCUT2D eigenvalue weighted by atomic mass is 16.5. The third-order valence-corrected chi connectivity index (χ3v) is 4.38. The second-order valence-corrected chi connectivity index (χ2v) is 6.59. The summed E-state index contributed by atoms with van der Waals surface area (Å²) in [4.78, 5) is 24.2. The van der Waals surface area contributed by atoms with Gasteiger partial charge in [0.25, 0.3) is 11.8 Å². The fraction of sp³-hybridized carbons (Fsp3) is 0.125. The van der Waals surface area contributed by atoms with E-state index in [0.717, 1.165) is 11.3 Å². The van der Waals surface area contributed by atoms with E-state index in [9.17, 15) is 9.59 Å². The fourth-order valence-electron chi connectivity index (χ4n) is 2.67. The average Bonchev–Trinajstić information content (AvgIpc) is 2.82. The predicted octanol–water partition coefficient (Wildman–Crippen LogP) is 3.87. The highest BCUT2D eigenvalue weighted by molar-refractivity contribution is 6.01. The summed E-state index contributed by atoms with van der Waals surface area (Å²) in [6.07, 6.45) is 0. The van der Waals surface area contributed by atoms with Gasteiger partial charge in [0.05, 0.1) is 12.8 Å². The van der Waals surface area contributed by atoms with Crippen molar-refractivity contribution in [1.82, 2.24) is 5.43 Å². The van der Waals surface area contributed by atoms with Crippen molar-refractivity contribution in [2.45, 2.75) is 6.92 Å². The van der Waals surface area contributed by atoms with Crippen LogP contribution in [0.1, 0.15) is 22.8 Å². The maximum Gasteiger partial charge on any atom is 0.271 e. The molecule has 0 atom stereocenters. The number of para-hydroxylation sites is 1. The van der Waals surface area contributed by atoms with Gasteiger partial charge in [-0.3, -0.25) is 9.59 Å². The summed E-state index contributed by atoms with van der Waals surface area (Å²) in [6, 6.07) is 23.0. The number of nitrogens with zero attached hydrogens (tertiary/aromatic N) is 1. The van der Waals surface area contributed by atoms with E-state index in [0.29, 0.717) is 22.8 Å². The zero-order valence-corrected chi connectivity index (χ0v) is 17.3. The van der Waals surface area contributed by atoms with E-state index in [2.05, 4.69) is 15.8 Å². The Morgan fingerprint density at radius 3 is 2.10 bits per heavy atom. The van der Waals surface area contributed by atoms with E-state index in [1.807, 2.05) is 42.5 Å². The predicted molar refractivity (Wildman–Crippen MR) is 120 cm³/mol. The summed E-state index contributed by atoms with van der Waals surface area (Å²) in [5.74, 6) is 0.679. The van der Waals surface area contributed by atoms with Gasteiger partial charge in [-0.15, -0.1) is 0 Å². The van der Waals surface area contributed by atoms with E-state index < -0.39 is 0 Å². The third-order valence-electron chi connectivity index (χ3n) is 4.38. The molecule has 0 spiro atoms. The quantitative estimate of drug-likeness (QED) is 0.430. The minimum atomic E-state index is -0.314. The average molecular weight is 417 g/mol. The molecular weight excluding hydrogens is 394 g/mol. The molecule has 0 saturated carbocycles. The Kier molecular flexibility index (Phi) is 7.37. The van der Waals surface area contributed by atoms with Gasteiger partial charge in [0.2, 0.25) is 0 Å². The Bertz CT molecular complexity index is 1050. The van der Waals surface area contributed by atoms with Gasteiger partial charge in [-0.1, -0.05) is 18.2 Å². The molecule has 7 nitrogen and oxygen atoms in total. The van der Waals surface area contributed by atoms with Gasteiger partial charge in [-0.05, 0) is 73.2 Å². The SMILES string of the molecule is COc1ccc(C(=O)N/N=C(/C)c2ccc(OCC(=O)Nc3ccccc3)cc2)cc1. The number of nitrogens with one attached hydrogen (secondary N) is 2. The topological polar surface area (TPSA) is 89.0 Å². The van der Waals surface area contributed by atoms with E-state index in [1.54, 1.807) is 50.4 Å². The van der Waals surface area contributed by atoms with E-state index in [4.69, 9.17) is 9.47 Å². The first kappa shape index (κ1) is 21.6. The van der Waals surface area contributed by atoms with Crippen molar-refractivity contribution < 1.29 is 19.1 Å². The molecular formula is C24H23N3O4. The summed E-state index contributed by atoms with van der Waals surface area (Å²) in [5, 5.41) is 6.90. The molecule has 0 aromatic heterocycles. The lowest BCUT2D eigenvalue weighted by atomic mass is 10.1. The number of hydrogen-bond donors (Lipinski definition) is 2. The molecule has 0 aliphatic heterocycles. The molecule has 0 aliphatic rings. The van der Waals surface area contributed by atoms with Crippen molar-refractivity contribution in [3.8, 4) is 11.5 Å². The first-order valence-electron chi connectivity index (χ1n) is 9.62. The van der Waals surface area contributed by atoms with Crippen molar-refractivity contribution >= 4 is 23.2 Å². The zero-order chi connectivity index (χ0) is 22.1. The smallest absolute Gasteiger partial charge is 0.271 e. The second-order valence-electron chi connectivity index (χ2n) is 6.59. The van der Waals surface area contributed by atoms with Gasteiger partial charge >= 0.3 is 0 Å². The van der Waals surface area contributed by atoms with Crippen molar-refractivity contribution in [2.75, 3.05) is 19.0 Å². The van der Waals surface area contributed by atoms with Crippen LogP contribution < -0.4 is 20.2 Å². The van der Waals surface area contributed by atoms with Crippen LogP contribution in [0.4, 0.5) is 5.69 Å². The van der Waals surface area contributed by atoms with E-state index in [1.165, 1.54) is 0 Å². The lowest BCUT2D eigenvalue weighted by molar-refractivity contribution is -0.118. The Hall–Kier alpha value is -4.13. The van der Waals surface area contributed by atoms with Crippen LogP contribution in [0.15, 0.2) is 84.0 Å². The molecule has 0 unspecified atom stereocenters. The number of methoxy groups -OCH3 is 1. The minimum absolute atomic E-state index is 0.0980. The fourth-order valence-corrected chi connectivity index (χ4v) is 2.67. The molecule has 3 aromatic carbocycles. The molecule has 7 heteroatoms. The summed E-state index contributed by atoms with van der Waals surface area (Å²) >= 11 is 0. The number of anilines is 1. The number of carbonyl (C=O) groups is 2. The molecule has 0 radical (unpaired) electrons. The molecule has 0 bridgehead atoms. The van der Waals surface area contributed by atoms with Crippen LogP contribution in [0, 0.1) is 0 Å². The van der Waals surface area contributed by atoms with Crippen LogP contribution in [0.25, 0.3) is 0 Å². The third kappa shape index (κ3) is 6.43. The molecule has 31 heavy (non-hydrogen) atoms. The van der Waals surface area contributed by atoms with Crippen molar-refractivity contribution in [3.63, 3.8) is 0 Å². The maximum absolute atomic E-state index is 12.2. The first-order chi connectivity index (χ1) is 15.0. The van der Waals surface area contributed by atoms with Crippen LogP contribution in [-0.4, -0.2) is 31.2 Å². The Morgan fingerprint density at radius 2 is 1.45 bits per heavy atom. The minimum Gasteiger partial charge on any atom is -0.497 e. The van der Waals surface area contributed by atoms with Gasteiger partial charge in [0.1, 0.15) is 11.5 Å². The van der Waals surface area contributed by atoms with E-state index in [-0.39, 0.29) is 18.4 Å². The maximum atomic E-state index is 12.2. The number of carbonyl (C=O) groups excluding carboxylic acids is 2. The number of ether oxygens (including phenoxy) is 2. The molecule has 0 saturated heterocycles. The van der Waals surface area contributed by atoms with Gasteiger partial charge in [-0.25, -0.2) is 5.43 Å². The molecule has 158 valence electrons. The molecule has 0 heterocycles. The van der Waals surface area contributed by atoms with Crippen molar-refractivity contribution in [2.24, 2.45) is 5.10 Å². The Labute approximate surface area is 180 Å². The highest BCUT2D eigenvalue weighted by Gasteiger charge is 2.07. The normalized spacial score (nSPS) is 10.8. The lowest BCUT2D eigenvalue weighted by Gasteiger charge is -2.08. The van der Waals surface area contributed by atoms with Crippen LogP contribution >= 0.6 is 0 Å².